The highest BCUT2D eigenvalue weighted by Gasteiger charge is 2.59. The third-order valence-electron chi connectivity index (χ3n) is 6.83. The molecule has 0 bridgehead atoms. The largest absolute Gasteiger partial charge is 0.463 e. The van der Waals surface area contributed by atoms with Crippen LogP contribution in [0.5, 0.6) is 0 Å². The highest BCUT2D eigenvalue weighted by atomic mass is 16.7. The number of nitrogens with zero attached hydrogens (tertiary/aromatic N) is 1. The summed E-state index contributed by atoms with van der Waals surface area (Å²) in [5, 5.41) is 0. The first kappa shape index (κ1) is 20.7. The van der Waals surface area contributed by atoms with E-state index in [1.54, 1.807) is 0 Å². The third kappa shape index (κ3) is 4.07. The summed E-state index contributed by atoms with van der Waals surface area (Å²) < 4.78 is 18.5. The van der Waals surface area contributed by atoms with E-state index < -0.39 is 5.60 Å². The van der Waals surface area contributed by atoms with Crippen molar-refractivity contribution in [2.24, 2.45) is 5.41 Å². The second-order valence-electron chi connectivity index (χ2n) is 10.5. The molecule has 3 rings (SSSR count). The zero-order valence-electron chi connectivity index (χ0n) is 18.1. The number of carbonyl (C=O) groups excluding carboxylic acids is 1. The Labute approximate surface area is 164 Å². The average Bonchev–Trinajstić information content (AvgIpc) is 2.74. The van der Waals surface area contributed by atoms with Gasteiger partial charge in [-0.1, -0.05) is 12.2 Å². The van der Waals surface area contributed by atoms with Gasteiger partial charge < -0.3 is 18.9 Å². The quantitative estimate of drug-likeness (QED) is 0.486. The minimum atomic E-state index is -0.486. The fourth-order valence-corrected chi connectivity index (χ4v) is 4.46. The van der Waals surface area contributed by atoms with Crippen molar-refractivity contribution < 1.29 is 18.8 Å². The number of allylic oxidation sites excluding steroid dienone is 2. The fraction of sp³-hybridized carbons (Fsp3) is 0.857. The van der Waals surface area contributed by atoms with Crippen LogP contribution in [0.1, 0.15) is 74.1 Å². The molecule has 0 radical (unpaired) electrons. The maximum atomic E-state index is 12.7. The summed E-state index contributed by atoms with van der Waals surface area (Å²) in [6.07, 6.45) is 8.54. The maximum absolute atomic E-state index is 12.7. The monoisotopic (exact) mass is 377 g/mol. The molecule has 2 atom stereocenters. The van der Waals surface area contributed by atoms with E-state index in [2.05, 4.69) is 39.8 Å². The van der Waals surface area contributed by atoms with Crippen molar-refractivity contribution >= 4 is 13.2 Å². The minimum Gasteiger partial charge on any atom is -0.444 e. The second kappa shape index (κ2) is 6.80. The molecule has 2 heterocycles. The van der Waals surface area contributed by atoms with Crippen LogP contribution in [-0.4, -0.2) is 48.0 Å². The number of ether oxygens (including phenoxy) is 1. The van der Waals surface area contributed by atoms with Gasteiger partial charge in [0.05, 0.1) is 11.2 Å². The molecular weight excluding hydrogens is 341 g/mol. The zero-order chi connectivity index (χ0) is 20.1. The highest BCUT2D eigenvalue weighted by molar-refractivity contribution is 6.48. The Morgan fingerprint density at radius 2 is 1.74 bits per heavy atom. The topological polar surface area (TPSA) is 48.0 Å². The molecule has 2 aliphatic heterocycles. The van der Waals surface area contributed by atoms with Crippen molar-refractivity contribution in [3.8, 4) is 0 Å². The summed E-state index contributed by atoms with van der Waals surface area (Å²) >= 11 is 0. The van der Waals surface area contributed by atoms with Crippen molar-refractivity contribution in [3.63, 3.8) is 0 Å². The molecule has 1 spiro atoms. The van der Waals surface area contributed by atoms with E-state index in [0.29, 0.717) is 6.54 Å². The molecule has 0 saturated carbocycles. The predicted octanol–water partition coefficient (Wildman–Crippen LogP) is 4.82. The number of hydrogen-bond acceptors (Lipinski definition) is 4. The average molecular weight is 377 g/mol. The van der Waals surface area contributed by atoms with E-state index in [4.69, 9.17) is 14.0 Å². The fourth-order valence-electron chi connectivity index (χ4n) is 4.46. The van der Waals surface area contributed by atoms with Crippen molar-refractivity contribution in [2.45, 2.75) is 96.8 Å². The Bertz CT molecular complexity index is 594. The lowest BCUT2D eigenvalue weighted by molar-refractivity contribution is 0.00564. The van der Waals surface area contributed by atoms with Gasteiger partial charge in [-0.15, -0.1) is 0 Å². The number of hydrogen-bond donors (Lipinski definition) is 0. The summed E-state index contributed by atoms with van der Waals surface area (Å²) in [6, 6.07) is 0. The van der Waals surface area contributed by atoms with Gasteiger partial charge in [0.25, 0.3) is 0 Å². The van der Waals surface area contributed by atoms with Gasteiger partial charge in [-0.3, -0.25) is 0 Å². The molecule has 0 aromatic heterocycles. The Hall–Kier alpha value is -1.01. The van der Waals surface area contributed by atoms with Gasteiger partial charge in [-0.25, -0.2) is 4.79 Å². The first-order valence-electron chi connectivity index (χ1n) is 10.3. The van der Waals surface area contributed by atoms with Crippen LogP contribution >= 0.6 is 0 Å². The maximum Gasteiger partial charge on any atom is 0.463 e. The van der Waals surface area contributed by atoms with Crippen LogP contribution in [0.25, 0.3) is 0 Å². The minimum absolute atomic E-state index is 0.133. The Balaban J connectivity index is 1.83. The number of carbonyl (C=O) groups is 1. The van der Waals surface area contributed by atoms with Crippen molar-refractivity contribution in [2.75, 3.05) is 13.1 Å². The van der Waals surface area contributed by atoms with Crippen LogP contribution in [0.4, 0.5) is 4.79 Å². The molecule has 6 heteroatoms. The van der Waals surface area contributed by atoms with Crippen LogP contribution in [0.3, 0.4) is 0 Å². The molecule has 1 amide bonds. The second-order valence-corrected chi connectivity index (χ2v) is 10.5. The van der Waals surface area contributed by atoms with Crippen LogP contribution in [0, 0.1) is 5.41 Å². The summed E-state index contributed by atoms with van der Waals surface area (Å²) in [6.45, 7) is 15.5. The van der Waals surface area contributed by atoms with Gasteiger partial charge in [0, 0.05) is 18.9 Å². The van der Waals surface area contributed by atoms with E-state index in [-0.39, 0.29) is 35.6 Å². The molecule has 1 aliphatic carbocycles. The number of amides is 1. The van der Waals surface area contributed by atoms with E-state index in [1.165, 1.54) is 0 Å². The summed E-state index contributed by atoms with van der Waals surface area (Å²) in [7, 11) is -0.299. The van der Waals surface area contributed by atoms with Crippen LogP contribution in [0.15, 0.2) is 12.2 Å². The Morgan fingerprint density at radius 3 is 2.26 bits per heavy atom. The third-order valence-corrected chi connectivity index (χ3v) is 6.83. The van der Waals surface area contributed by atoms with Crippen molar-refractivity contribution in [3.05, 3.63) is 12.2 Å². The van der Waals surface area contributed by atoms with Gasteiger partial charge in [0.15, 0.2) is 0 Å². The van der Waals surface area contributed by atoms with Gasteiger partial charge in [0.1, 0.15) is 5.60 Å². The lowest BCUT2D eigenvalue weighted by Crippen LogP contribution is -2.53. The Morgan fingerprint density at radius 1 is 1.11 bits per heavy atom. The first-order valence-corrected chi connectivity index (χ1v) is 10.3. The smallest absolute Gasteiger partial charge is 0.444 e. The molecule has 5 nitrogen and oxygen atoms in total. The van der Waals surface area contributed by atoms with Gasteiger partial charge >= 0.3 is 13.2 Å². The van der Waals surface area contributed by atoms with Crippen LogP contribution < -0.4 is 0 Å². The molecule has 0 aromatic carbocycles. The lowest BCUT2D eigenvalue weighted by Gasteiger charge is -2.49. The molecule has 27 heavy (non-hydrogen) atoms. The van der Waals surface area contributed by atoms with Gasteiger partial charge in [-0.2, -0.15) is 0 Å². The van der Waals surface area contributed by atoms with E-state index in [9.17, 15) is 4.79 Å². The van der Waals surface area contributed by atoms with Crippen molar-refractivity contribution in [1.29, 1.82) is 0 Å². The molecule has 0 aromatic rings. The first-order chi connectivity index (χ1) is 12.4. The lowest BCUT2D eigenvalue weighted by atomic mass is 9.51. The normalized spacial score (nSPS) is 32.8. The molecule has 2 fully saturated rings. The molecule has 2 saturated heterocycles. The molecule has 0 N–H and O–H groups in total. The van der Waals surface area contributed by atoms with E-state index >= 15 is 0 Å². The SMILES string of the molecule is CC(C)(C)OC(=O)N1CCC2(CC=CCC2)C(B2OC(C)(C)C(C)(C)O2)C1. The number of piperidine rings is 1. The summed E-state index contributed by atoms with van der Waals surface area (Å²) in [5.74, 6) is 0.143. The van der Waals surface area contributed by atoms with E-state index in [0.717, 1.165) is 32.2 Å². The summed E-state index contributed by atoms with van der Waals surface area (Å²) in [4.78, 5) is 14.6. The molecule has 2 unspecified atom stereocenters. The number of likely N-dealkylation sites (tertiary alicyclic amines) is 1. The Kier molecular flexibility index (Phi) is 5.22. The van der Waals surface area contributed by atoms with Crippen LogP contribution in [-0.2, 0) is 14.0 Å². The van der Waals surface area contributed by atoms with Gasteiger partial charge in [0.2, 0.25) is 0 Å². The summed E-state index contributed by atoms with van der Waals surface area (Å²) in [5.41, 5.74) is -1.08. The molecule has 152 valence electrons. The van der Waals surface area contributed by atoms with Crippen molar-refractivity contribution in [1.82, 2.24) is 4.90 Å². The van der Waals surface area contributed by atoms with Crippen LogP contribution in [0.2, 0.25) is 5.82 Å². The zero-order valence-corrected chi connectivity index (χ0v) is 18.1. The predicted molar refractivity (Wildman–Crippen MR) is 108 cm³/mol. The van der Waals surface area contributed by atoms with E-state index in [1.807, 2.05) is 25.7 Å². The molecule has 3 aliphatic rings. The van der Waals surface area contributed by atoms with Gasteiger partial charge in [-0.05, 0) is 79.6 Å². The standard InChI is InChI=1S/C21H36BNO4/c1-18(2,3)25-17(24)23-14-13-21(11-9-8-10-12-21)16(15-23)22-26-19(4,5)20(6,7)27-22/h8-9,16H,10-15H2,1-7H3. The number of rotatable bonds is 1. The molecular formula is C21H36BNO4. The highest BCUT2D eigenvalue weighted by Crippen LogP contribution is 2.54.